The molecule has 0 fully saturated rings. The molecule has 0 spiro atoms. The Kier molecular flexibility index (Phi) is 6.74. The van der Waals surface area contributed by atoms with E-state index in [2.05, 4.69) is 10.1 Å². The number of hydrogen-bond donors (Lipinski definition) is 1. The topological polar surface area (TPSA) is 71.3 Å². The van der Waals surface area contributed by atoms with Crippen LogP contribution in [0.5, 0.6) is 17.2 Å². The van der Waals surface area contributed by atoms with Gasteiger partial charge in [-0.15, -0.1) is 0 Å². The van der Waals surface area contributed by atoms with Crippen LogP contribution in [0.1, 0.15) is 5.56 Å². The van der Waals surface area contributed by atoms with Crippen LogP contribution in [0.15, 0.2) is 84.4 Å². The van der Waals surface area contributed by atoms with Crippen molar-refractivity contribution in [3.05, 3.63) is 90.0 Å². The van der Waals surface area contributed by atoms with Crippen molar-refractivity contribution in [1.82, 2.24) is 0 Å². The van der Waals surface area contributed by atoms with Crippen LogP contribution in [-0.2, 0) is 4.79 Å². The molecule has 150 valence electrons. The van der Waals surface area contributed by atoms with Crippen molar-refractivity contribution in [2.75, 3.05) is 5.32 Å². The van der Waals surface area contributed by atoms with E-state index in [0.29, 0.717) is 17.2 Å². The summed E-state index contributed by atoms with van der Waals surface area (Å²) in [4.78, 5) is 12.6. The largest absolute Gasteiger partial charge is 0.455 e. The predicted molar refractivity (Wildman–Crippen MR) is 108 cm³/mol. The fourth-order valence-electron chi connectivity index (χ4n) is 2.57. The lowest BCUT2D eigenvalue weighted by atomic mass is 10.1. The van der Waals surface area contributed by atoms with Gasteiger partial charge in [0.15, 0.2) is 5.75 Å². The Morgan fingerprint density at radius 3 is 2.27 bits per heavy atom. The molecule has 30 heavy (non-hydrogen) atoms. The van der Waals surface area contributed by atoms with Gasteiger partial charge in [-0.25, -0.2) is 0 Å². The summed E-state index contributed by atoms with van der Waals surface area (Å²) in [6.45, 7) is -3.03. The first kappa shape index (κ1) is 20.6. The Morgan fingerprint density at radius 1 is 0.933 bits per heavy atom. The number of carbonyl (C=O) groups excluding carboxylic acids is 1. The molecule has 0 aliphatic rings. The lowest BCUT2D eigenvalue weighted by molar-refractivity contribution is -0.112. The molecule has 0 saturated heterocycles. The van der Waals surface area contributed by atoms with E-state index in [1.54, 1.807) is 48.5 Å². The van der Waals surface area contributed by atoms with Crippen LogP contribution in [-0.4, -0.2) is 12.5 Å². The van der Waals surface area contributed by atoms with Crippen LogP contribution in [0.3, 0.4) is 0 Å². The summed E-state index contributed by atoms with van der Waals surface area (Å²) in [5.41, 5.74) is 0.248. The van der Waals surface area contributed by atoms with Crippen molar-refractivity contribution in [3.8, 4) is 23.3 Å². The molecule has 0 saturated carbocycles. The standard InChI is InChI=1S/C23H16F2N2O3/c24-23(25)30-20-12-6-4-8-16(20)14-17(15-26)22(28)27-19-11-5-7-13-21(19)29-18-9-2-1-3-10-18/h1-14,23H,(H,27,28)/b17-14+. The molecule has 3 aromatic rings. The third-order valence-electron chi connectivity index (χ3n) is 3.91. The van der Waals surface area contributed by atoms with Crippen LogP contribution in [0.4, 0.5) is 14.5 Å². The van der Waals surface area contributed by atoms with E-state index in [4.69, 9.17) is 4.74 Å². The molecule has 1 amide bonds. The number of nitrogens with one attached hydrogen (secondary N) is 1. The molecule has 3 rings (SSSR count). The number of halogens is 2. The summed E-state index contributed by atoms with van der Waals surface area (Å²) in [6.07, 6.45) is 1.19. The Labute approximate surface area is 171 Å². The van der Waals surface area contributed by atoms with E-state index in [9.17, 15) is 18.8 Å². The van der Waals surface area contributed by atoms with Gasteiger partial charge >= 0.3 is 6.61 Å². The summed E-state index contributed by atoms with van der Waals surface area (Å²) in [5, 5.41) is 12.0. The molecule has 0 unspecified atom stereocenters. The van der Waals surface area contributed by atoms with Gasteiger partial charge in [-0.2, -0.15) is 14.0 Å². The van der Waals surface area contributed by atoms with Crippen molar-refractivity contribution in [3.63, 3.8) is 0 Å². The zero-order valence-electron chi connectivity index (χ0n) is 15.6. The SMILES string of the molecule is N#C/C(=C\c1ccccc1OC(F)F)C(=O)Nc1ccccc1Oc1ccccc1. The van der Waals surface area contributed by atoms with Crippen LogP contribution >= 0.6 is 0 Å². The number of benzene rings is 3. The van der Waals surface area contributed by atoms with Gasteiger partial charge in [-0.3, -0.25) is 4.79 Å². The maximum atomic E-state index is 12.6. The minimum Gasteiger partial charge on any atom is -0.455 e. The molecular formula is C23H16F2N2O3. The molecule has 0 atom stereocenters. The molecule has 0 aliphatic carbocycles. The summed E-state index contributed by atoms with van der Waals surface area (Å²) in [7, 11) is 0. The van der Waals surface area contributed by atoms with Gasteiger partial charge in [0.1, 0.15) is 23.1 Å². The van der Waals surface area contributed by atoms with Gasteiger partial charge in [0.05, 0.1) is 5.69 Å². The Bertz CT molecular complexity index is 1090. The van der Waals surface area contributed by atoms with Gasteiger partial charge < -0.3 is 14.8 Å². The number of carbonyl (C=O) groups is 1. The summed E-state index contributed by atoms with van der Waals surface area (Å²) in [5.74, 6) is 0.110. The molecule has 0 heterocycles. The van der Waals surface area contributed by atoms with Gasteiger partial charge in [-0.05, 0) is 36.4 Å². The van der Waals surface area contributed by atoms with Crippen molar-refractivity contribution in [2.45, 2.75) is 6.61 Å². The van der Waals surface area contributed by atoms with E-state index in [1.807, 2.05) is 18.2 Å². The van der Waals surface area contributed by atoms with Crippen LogP contribution in [0, 0.1) is 11.3 Å². The highest BCUT2D eigenvalue weighted by Crippen LogP contribution is 2.30. The molecule has 0 radical (unpaired) electrons. The number of nitrogens with zero attached hydrogens (tertiary/aromatic N) is 1. The number of alkyl halides is 2. The Morgan fingerprint density at radius 2 is 1.57 bits per heavy atom. The molecule has 0 bridgehead atoms. The van der Waals surface area contributed by atoms with E-state index in [0.717, 1.165) is 0 Å². The molecular weight excluding hydrogens is 390 g/mol. The number of nitriles is 1. The minimum absolute atomic E-state index is 0.138. The van der Waals surface area contributed by atoms with Crippen molar-refractivity contribution in [1.29, 1.82) is 5.26 Å². The highest BCUT2D eigenvalue weighted by atomic mass is 19.3. The van der Waals surface area contributed by atoms with E-state index in [1.165, 1.54) is 24.3 Å². The molecule has 0 aliphatic heterocycles. The Hall–Kier alpha value is -4.18. The quantitative estimate of drug-likeness (QED) is 0.408. The van der Waals surface area contributed by atoms with Gasteiger partial charge in [0.2, 0.25) is 0 Å². The summed E-state index contributed by atoms with van der Waals surface area (Å²) in [6, 6.07) is 23.4. The second-order valence-corrected chi connectivity index (χ2v) is 5.95. The number of rotatable bonds is 7. The molecule has 3 aromatic carbocycles. The Balaban J connectivity index is 1.84. The number of para-hydroxylation sites is 4. The molecule has 0 aromatic heterocycles. The normalized spacial score (nSPS) is 10.9. The average Bonchev–Trinajstić information content (AvgIpc) is 2.75. The summed E-state index contributed by atoms with van der Waals surface area (Å²) >= 11 is 0. The highest BCUT2D eigenvalue weighted by Gasteiger charge is 2.15. The molecule has 5 nitrogen and oxygen atoms in total. The van der Waals surface area contributed by atoms with Gasteiger partial charge in [0, 0.05) is 5.56 Å². The fourth-order valence-corrected chi connectivity index (χ4v) is 2.57. The number of ether oxygens (including phenoxy) is 2. The van der Waals surface area contributed by atoms with E-state index >= 15 is 0 Å². The number of amides is 1. The second kappa shape index (κ2) is 9.85. The van der Waals surface area contributed by atoms with E-state index in [-0.39, 0.29) is 16.9 Å². The van der Waals surface area contributed by atoms with Crippen LogP contribution < -0.4 is 14.8 Å². The summed E-state index contributed by atoms with van der Waals surface area (Å²) < 4.78 is 35.4. The third-order valence-corrected chi connectivity index (χ3v) is 3.91. The van der Waals surface area contributed by atoms with Crippen molar-refractivity contribution < 1.29 is 23.0 Å². The second-order valence-electron chi connectivity index (χ2n) is 5.95. The lowest BCUT2D eigenvalue weighted by Crippen LogP contribution is -2.14. The lowest BCUT2D eigenvalue weighted by Gasteiger charge is -2.12. The maximum absolute atomic E-state index is 12.6. The first-order valence-corrected chi connectivity index (χ1v) is 8.85. The van der Waals surface area contributed by atoms with Crippen molar-refractivity contribution in [2.24, 2.45) is 0 Å². The molecule has 1 N–H and O–H groups in total. The highest BCUT2D eigenvalue weighted by molar-refractivity contribution is 6.10. The zero-order valence-corrected chi connectivity index (χ0v) is 15.6. The van der Waals surface area contributed by atoms with E-state index < -0.39 is 12.5 Å². The number of hydrogen-bond acceptors (Lipinski definition) is 4. The van der Waals surface area contributed by atoms with Gasteiger partial charge in [-0.1, -0.05) is 48.5 Å². The first-order chi connectivity index (χ1) is 14.6. The van der Waals surface area contributed by atoms with Crippen molar-refractivity contribution >= 4 is 17.7 Å². The minimum atomic E-state index is -3.03. The average molecular weight is 406 g/mol. The van der Waals surface area contributed by atoms with Crippen LogP contribution in [0.25, 0.3) is 6.08 Å². The first-order valence-electron chi connectivity index (χ1n) is 8.85. The van der Waals surface area contributed by atoms with Gasteiger partial charge in [0.25, 0.3) is 5.91 Å². The maximum Gasteiger partial charge on any atom is 0.387 e. The number of anilines is 1. The molecule has 7 heteroatoms. The zero-order chi connectivity index (χ0) is 21.3. The predicted octanol–water partition coefficient (Wildman–Crippen LogP) is 5.63. The monoisotopic (exact) mass is 406 g/mol. The fraction of sp³-hybridized carbons (Fsp3) is 0.0435. The third kappa shape index (κ3) is 5.42. The van der Waals surface area contributed by atoms with Crippen LogP contribution in [0.2, 0.25) is 0 Å². The smallest absolute Gasteiger partial charge is 0.387 e.